The predicted octanol–water partition coefficient (Wildman–Crippen LogP) is 2.50. The van der Waals surface area contributed by atoms with E-state index >= 15 is 0 Å². The average Bonchev–Trinajstić information content (AvgIpc) is 3.39. The second-order valence-corrected chi connectivity index (χ2v) is 6.71. The molecule has 1 atom stereocenters. The van der Waals surface area contributed by atoms with Crippen molar-refractivity contribution in [3.63, 3.8) is 0 Å². The predicted molar refractivity (Wildman–Crippen MR) is 85.4 cm³/mol. The molecule has 4 heteroatoms. The van der Waals surface area contributed by atoms with Crippen LogP contribution in [-0.2, 0) is 4.79 Å². The van der Waals surface area contributed by atoms with Crippen LogP contribution in [-0.4, -0.2) is 23.9 Å². The van der Waals surface area contributed by atoms with Crippen molar-refractivity contribution in [3.05, 3.63) is 35.9 Å². The molecule has 1 unspecified atom stereocenters. The first-order valence-corrected chi connectivity index (χ1v) is 8.29. The van der Waals surface area contributed by atoms with Gasteiger partial charge < -0.3 is 10.6 Å². The van der Waals surface area contributed by atoms with Crippen LogP contribution in [0.25, 0.3) is 0 Å². The van der Waals surface area contributed by atoms with Gasteiger partial charge in [0, 0.05) is 24.1 Å². The summed E-state index contributed by atoms with van der Waals surface area (Å²) in [5.74, 6) is 1.34. The van der Waals surface area contributed by atoms with Gasteiger partial charge in [0.1, 0.15) is 0 Å². The summed E-state index contributed by atoms with van der Waals surface area (Å²) in [4.78, 5) is 24.2. The average molecular weight is 300 g/mol. The lowest BCUT2D eigenvalue weighted by atomic mass is 10.1. The largest absolute Gasteiger partial charge is 0.353 e. The molecule has 2 amide bonds. The molecular weight excluding hydrogens is 276 g/mol. The fraction of sp³-hybridized carbons (Fsp3) is 0.556. The van der Waals surface area contributed by atoms with Crippen molar-refractivity contribution in [2.75, 3.05) is 0 Å². The molecule has 0 saturated heterocycles. The molecule has 0 aromatic heterocycles. The van der Waals surface area contributed by atoms with Gasteiger partial charge in [0.05, 0.1) is 0 Å². The Hall–Kier alpha value is -1.84. The molecular formula is C18H24N2O2. The van der Waals surface area contributed by atoms with E-state index in [0.717, 1.165) is 0 Å². The topological polar surface area (TPSA) is 58.2 Å². The zero-order valence-electron chi connectivity index (χ0n) is 13.0. The molecule has 0 spiro atoms. The highest BCUT2D eigenvalue weighted by molar-refractivity contribution is 5.94. The van der Waals surface area contributed by atoms with Crippen LogP contribution in [0.1, 0.15) is 49.4 Å². The summed E-state index contributed by atoms with van der Waals surface area (Å²) in [6.07, 6.45) is 5.35. The van der Waals surface area contributed by atoms with Gasteiger partial charge in [0.15, 0.2) is 0 Å². The fourth-order valence-electron chi connectivity index (χ4n) is 3.00. The molecule has 2 aliphatic rings. The number of carbonyl (C=O) groups excluding carboxylic acids is 2. The van der Waals surface area contributed by atoms with Gasteiger partial charge in [-0.15, -0.1) is 0 Å². The molecule has 22 heavy (non-hydrogen) atoms. The van der Waals surface area contributed by atoms with Crippen LogP contribution in [0, 0.1) is 11.8 Å². The van der Waals surface area contributed by atoms with Crippen molar-refractivity contribution in [3.8, 4) is 0 Å². The zero-order chi connectivity index (χ0) is 15.5. The van der Waals surface area contributed by atoms with Crippen molar-refractivity contribution in [1.82, 2.24) is 10.6 Å². The second-order valence-electron chi connectivity index (χ2n) is 6.71. The van der Waals surface area contributed by atoms with Gasteiger partial charge in [-0.2, -0.15) is 0 Å². The van der Waals surface area contributed by atoms with Gasteiger partial charge in [-0.05, 0) is 56.6 Å². The molecule has 3 rings (SSSR count). The minimum atomic E-state index is -0.160. The Morgan fingerprint density at radius 2 is 1.64 bits per heavy atom. The Kier molecular flexibility index (Phi) is 4.46. The highest BCUT2D eigenvalue weighted by atomic mass is 16.2. The number of amides is 2. The van der Waals surface area contributed by atoms with E-state index in [1.807, 2.05) is 25.1 Å². The SMILES string of the molecule is CC(CC(=O)NC(C1CC1)C1CC1)NC(=O)c1ccccc1. The Morgan fingerprint density at radius 1 is 1.05 bits per heavy atom. The van der Waals surface area contributed by atoms with E-state index < -0.39 is 0 Å². The minimum absolute atomic E-state index is 0.0599. The lowest BCUT2D eigenvalue weighted by molar-refractivity contribution is -0.122. The molecule has 118 valence electrons. The third kappa shape index (κ3) is 4.09. The third-order valence-electron chi connectivity index (χ3n) is 4.49. The smallest absolute Gasteiger partial charge is 0.251 e. The number of rotatable bonds is 7. The van der Waals surface area contributed by atoms with E-state index in [0.29, 0.717) is 29.9 Å². The van der Waals surface area contributed by atoms with E-state index in [1.165, 1.54) is 25.7 Å². The summed E-state index contributed by atoms with van der Waals surface area (Å²) in [5, 5.41) is 6.08. The molecule has 1 aromatic rings. The van der Waals surface area contributed by atoms with Gasteiger partial charge in [0.25, 0.3) is 5.91 Å². The van der Waals surface area contributed by atoms with E-state index in [-0.39, 0.29) is 17.9 Å². The van der Waals surface area contributed by atoms with Gasteiger partial charge in [0.2, 0.25) is 5.91 Å². The summed E-state index contributed by atoms with van der Waals surface area (Å²) in [7, 11) is 0. The first-order chi connectivity index (χ1) is 10.6. The maximum Gasteiger partial charge on any atom is 0.251 e. The Labute approximate surface area is 131 Å². The number of benzene rings is 1. The number of hydrogen-bond donors (Lipinski definition) is 2. The first-order valence-electron chi connectivity index (χ1n) is 8.29. The second kappa shape index (κ2) is 6.51. The summed E-state index contributed by atoms with van der Waals surface area (Å²) in [6, 6.07) is 9.32. The summed E-state index contributed by atoms with van der Waals surface area (Å²) < 4.78 is 0. The van der Waals surface area contributed by atoms with Crippen molar-refractivity contribution in [2.45, 2.75) is 51.1 Å². The highest BCUT2D eigenvalue weighted by Gasteiger charge is 2.42. The summed E-state index contributed by atoms with van der Waals surface area (Å²) in [5.41, 5.74) is 0.628. The van der Waals surface area contributed by atoms with Crippen LogP contribution >= 0.6 is 0 Å². The molecule has 2 N–H and O–H groups in total. The Bertz CT molecular complexity index is 523. The molecule has 2 saturated carbocycles. The normalized spacial score (nSPS) is 18.8. The van der Waals surface area contributed by atoms with Crippen LogP contribution in [0.15, 0.2) is 30.3 Å². The van der Waals surface area contributed by atoms with Gasteiger partial charge >= 0.3 is 0 Å². The summed E-state index contributed by atoms with van der Waals surface area (Å²) in [6.45, 7) is 1.88. The van der Waals surface area contributed by atoms with E-state index in [9.17, 15) is 9.59 Å². The van der Waals surface area contributed by atoms with Crippen molar-refractivity contribution >= 4 is 11.8 Å². The molecule has 0 aliphatic heterocycles. The molecule has 0 bridgehead atoms. The van der Waals surface area contributed by atoms with E-state index in [4.69, 9.17) is 0 Å². The minimum Gasteiger partial charge on any atom is -0.353 e. The lowest BCUT2D eigenvalue weighted by Crippen LogP contribution is -2.42. The van der Waals surface area contributed by atoms with E-state index in [2.05, 4.69) is 10.6 Å². The Morgan fingerprint density at radius 3 is 2.18 bits per heavy atom. The van der Waals surface area contributed by atoms with Gasteiger partial charge in [-0.3, -0.25) is 9.59 Å². The number of nitrogens with one attached hydrogen (secondary N) is 2. The van der Waals surface area contributed by atoms with Crippen LogP contribution in [0.2, 0.25) is 0 Å². The maximum atomic E-state index is 12.2. The molecule has 4 nitrogen and oxygen atoms in total. The summed E-state index contributed by atoms with van der Waals surface area (Å²) >= 11 is 0. The fourth-order valence-corrected chi connectivity index (χ4v) is 3.00. The number of hydrogen-bond acceptors (Lipinski definition) is 2. The molecule has 2 aliphatic carbocycles. The van der Waals surface area contributed by atoms with Gasteiger partial charge in [-0.1, -0.05) is 18.2 Å². The maximum absolute atomic E-state index is 12.2. The van der Waals surface area contributed by atoms with Crippen LogP contribution < -0.4 is 10.6 Å². The first kappa shape index (κ1) is 15.1. The van der Waals surface area contributed by atoms with Crippen LogP contribution in [0.4, 0.5) is 0 Å². The molecule has 1 aromatic carbocycles. The number of carbonyl (C=O) groups is 2. The Balaban J connectivity index is 1.45. The quantitative estimate of drug-likeness (QED) is 0.813. The van der Waals surface area contributed by atoms with Crippen molar-refractivity contribution in [2.24, 2.45) is 11.8 Å². The van der Waals surface area contributed by atoms with Gasteiger partial charge in [-0.25, -0.2) is 0 Å². The monoisotopic (exact) mass is 300 g/mol. The van der Waals surface area contributed by atoms with Crippen LogP contribution in [0.3, 0.4) is 0 Å². The van der Waals surface area contributed by atoms with E-state index in [1.54, 1.807) is 12.1 Å². The lowest BCUT2D eigenvalue weighted by Gasteiger charge is -2.20. The van der Waals surface area contributed by atoms with Crippen molar-refractivity contribution in [1.29, 1.82) is 0 Å². The molecule has 2 fully saturated rings. The highest BCUT2D eigenvalue weighted by Crippen LogP contribution is 2.44. The van der Waals surface area contributed by atoms with Crippen molar-refractivity contribution < 1.29 is 9.59 Å². The zero-order valence-corrected chi connectivity index (χ0v) is 13.0. The third-order valence-corrected chi connectivity index (χ3v) is 4.49. The molecule has 0 heterocycles. The standard InChI is InChI=1S/C18H24N2O2/c1-12(19-18(22)15-5-3-2-4-6-15)11-16(21)20-17(13-7-8-13)14-9-10-14/h2-6,12-14,17H,7-11H2,1H3,(H,19,22)(H,20,21). The van der Waals surface area contributed by atoms with Crippen LogP contribution in [0.5, 0.6) is 0 Å². The molecule has 0 radical (unpaired) electrons.